The van der Waals surface area contributed by atoms with Crippen molar-refractivity contribution in [3.63, 3.8) is 0 Å². The van der Waals surface area contributed by atoms with Crippen molar-refractivity contribution in [1.82, 2.24) is 24.8 Å². The van der Waals surface area contributed by atoms with E-state index in [1.165, 1.54) is 6.33 Å². The molecule has 3 heterocycles. The van der Waals surface area contributed by atoms with Gasteiger partial charge in [-0.1, -0.05) is 23.7 Å². The molecule has 4 rings (SSSR count). The third-order valence-corrected chi connectivity index (χ3v) is 5.34. The number of aromatic nitrogens is 4. The minimum absolute atomic E-state index is 0.148. The van der Waals surface area contributed by atoms with Crippen LogP contribution in [0.3, 0.4) is 0 Å². The quantitative estimate of drug-likeness (QED) is 0.392. The molecule has 168 valence electrons. The molecule has 0 aliphatic carbocycles. The van der Waals surface area contributed by atoms with Crippen LogP contribution in [0.15, 0.2) is 43.0 Å². The van der Waals surface area contributed by atoms with Crippen molar-refractivity contribution < 1.29 is 14.6 Å². The molecule has 0 radical (unpaired) electrons. The molecule has 1 aromatic carbocycles. The molecule has 11 heteroatoms. The number of aliphatic hydroxyl groups is 1. The van der Waals surface area contributed by atoms with E-state index in [1.54, 1.807) is 41.2 Å². The van der Waals surface area contributed by atoms with Gasteiger partial charge in [-0.05, 0) is 31.0 Å². The number of hydrogen-bond acceptors (Lipinski definition) is 8. The summed E-state index contributed by atoms with van der Waals surface area (Å²) in [7, 11) is 0. The van der Waals surface area contributed by atoms with E-state index in [-0.39, 0.29) is 11.7 Å². The van der Waals surface area contributed by atoms with E-state index in [2.05, 4.69) is 25.6 Å². The van der Waals surface area contributed by atoms with Gasteiger partial charge in [0.05, 0.1) is 18.7 Å². The van der Waals surface area contributed by atoms with Crippen LogP contribution in [0.2, 0.25) is 5.02 Å². The number of hydrogen-bond donors (Lipinski definition) is 4. The molecule has 3 atom stereocenters. The zero-order chi connectivity index (χ0) is 22.7. The minimum Gasteiger partial charge on any atom is -0.379 e. The van der Waals surface area contributed by atoms with Gasteiger partial charge in [-0.2, -0.15) is 4.98 Å². The summed E-state index contributed by atoms with van der Waals surface area (Å²) < 4.78 is 7.02. The molecule has 0 unspecified atom stereocenters. The van der Waals surface area contributed by atoms with Gasteiger partial charge in [0.2, 0.25) is 5.95 Å². The number of carbonyl (C=O) groups excluding carboxylic acids is 1. The van der Waals surface area contributed by atoms with Crippen LogP contribution in [-0.4, -0.2) is 56.0 Å². The van der Waals surface area contributed by atoms with Gasteiger partial charge in [-0.25, -0.2) is 9.97 Å². The Balaban J connectivity index is 1.52. The van der Waals surface area contributed by atoms with E-state index in [9.17, 15) is 9.90 Å². The molecule has 0 bridgehead atoms. The summed E-state index contributed by atoms with van der Waals surface area (Å²) in [4.78, 5) is 25.9. The summed E-state index contributed by atoms with van der Waals surface area (Å²) in [5, 5.41) is 16.4. The maximum atomic E-state index is 12.8. The summed E-state index contributed by atoms with van der Waals surface area (Å²) >= 11 is 6.02. The Morgan fingerprint density at radius 3 is 2.97 bits per heavy atom. The largest absolute Gasteiger partial charge is 0.379 e. The Kier molecular flexibility index (Phi) is 6.66. The highest BCUT2D eigenvalue weighted by molar-refractivity contribution is 6.30. The molecule has 32 heavy (non-hydrogen) atoms. The predicted octanol–water partition coefficient (Wildman–Crippen LogP) is 1.57. The predicted molar refractivity (Wildman–Crippen MR) is 119 cm³/mol. The van der Waals surface area contributed by atoms with Crippen molar-refractivity contribution in [2.75, 3.05) is 18.5 Å². The number of nitrogens with one attached hydrogen (secondary N) is 2. The lowest BCUT2D eigenvalue weighted by Gasteiger charge is -2.21. The highest BCUT2D eigenvalue weighted by Gasteiger charge is 2.23. The van der Waals surface area contributed by atoms with E-state index in [4.69, 9.17) is 22.1 Å². The summed E-state index contributed by atoms with van der Waals surface area (Å²) in [5.41, 5.74) is 7.23. The van der Waals surface area contributed by atoms with Crippen LogP contribution < -0.4 is 16.4 Å². The summed E-state index contributed by atoms with van der Waals surface area (Å²) in [6.45, 7) is 3.20. The van der Waals surface area contributed by atoms with Crippen LogP contribution in [0.4, 0.5) is 5.95 Å². The maximum absolute atomic E-state index is 12.8. The molecular formula is C21H24ClN7O3. The Hall–Kier alpha value is -3.05. The lowest BCUT2D eigenvalue weighted by atomic mass is 10.1. The van der Waals surface area contributed by atoms with Gasteiger partial charge in [0, 0.05) is 29.6 Å². The third-order valence-electron chi connectivity index (χ3n) is 5.10. The average Bonchev–Trinajstić information content (AvgIpc) is 3.45. The third kappa shape index (κ3) is 5.05. The second-order valence-corrected chi connectivity index (χ2v) is 8.00. The lowest BCUT2D eigenvalue weighted by Crippen LogP contribution is -2.40. The SMILES string of the molecule is Cc1cnc(N[C@H]2CCOC2)nc1-n1cnc(C(=O)N[C@@H](c2cccc(Cl)c2)[C@@H](N)O)c1. The number of aliphatic hydroxyl groups excluding tert-OH is 1. The van der Waals surface area contributed by atoms with Gasteiger partial charge in [-0.3, -0.25) is 9.36 Å². The fraction of sp³-hybridized carbons (Fsp3) is 0.333. The van der Waals surface area contributed by atoms with Crippen molar-refractivity contribution in [1.29, 1.82) is 0 Å². The number of carbonyl (C=O) groups is 1. The number of benzene rings is 1. The van der Waals surface area contributed by atoms with Gasteiger partial charge < -0.3 is 26.2 Å². The summed E-state index contributed by atoms with van der Waals surface area (Å²) in [6, 6.07) is 6.09. The number of nitrogens with two attached hydrogens (primary N) is 1. The number of imidazole rings is 1. The fourth-order valence-electron chi connectivity index (χ4n) is 3.43. The van der Waals surface area contributed by atoms with Crippen LogP contribution in [0.5, 0.6) is 0 Å². The van der Waals surface area contributed by atoms with E-state index < -0.39 is 18.2 Å². The number of halogens is 1. The second-order valence-electron chi connectivity index (χ2n) is 7.57. The number of anilines is 1. The topological polar surface area (TPSA) is 140 Å². The van der Waals surface area contributed by atoms with E-state index in [1.807, 2.05) is 6.92 Å². The van der Waals surface area contributed by atoms with Gasteiger partial charge in [-0.15, -0.1) is 0 Å². The number of aryl methyl sites for hydroxylation is 1. The molecule has 3 aromatic rings. The Morgan fingerprint density at radius 1 is 1.41 bits per heavy atom. The molecule has 1 fully saturated rings. The van der Waals surface area contributed by atoms with Crippen molar-refractivity contribution in [3.05, 3.63) is 64.8 Å². The molecule has 1 saturated heterocycles. The molecule has 0 saturated carbocycles. The van der Waals surface area contributed by atoms with Crippen molar-refractivity contribution in [3.8, 4) is 5.82 Å². The molecule has 0 spiro atoms. The molecule has 1 aliphatic rings. The second kappa shape index (κ2) is 9.61. The highest BCUT2D eigenvalue weighted by Crippen LogP contribution is 2.20. The molecule has 1 amide bonds. The average molecular weight is 458 g/mol. The molecule has 1 aliphatic heterocycles. The fourth-order valence-corrected chi connectivity index (χ4v) is 3.63. The first-order chi connectivity index (χ1) is 15.4. The normalized spacial score (nSPS) is 17.7. The van der Waals surface area contributed by atoms with Gasteiger partial charge in [0.1, 0.15) is 24.1 Å². The lowest BCUT2D eigenvalue weighted by molar-refractivity contribution is 0.0837. The number of nitrogens with zero attached hydrogens (tertiary/aromatic N) is 4. The van der Waals surface area contributed by atoms with Crippen LogP contribution in [-0.2, 0) is 4.74 Å². The van der Waals surface area contributed by atoms with Gasteiger partial charge in [0.25, 0.3) is 5.91 Å². The maximum Gasteiger partial charge on any atom is 0.272 e. The zero-order valence-corrected chi connectivity index (χ0v) is 18.2. The molecule has 10 nitrogen and oxygen atoms in total. The first kappa shape index (κ1) is 22.2. The van der Waals surface area contributed by atoms with Gasteiger partial charge in [0.15, 0.2) is 0 Å². The van der Waals surface area contributed by atoms with E-state index >= 15 is 0 Å². The van der Waals surface area contributed by atoms with Crippen molar-refractivity contribution >= 4 is 23.5 Å². The monoisotopic (exact) mass is 457 g/mol. The first-order valence-corrected chi connectivity index (χ1v) is 10.5. The molecule has 2 aromatic heterocycles. The van der Waals surface area contributed by atoms with Crippen LogP contribution in [0, 0.1) is 6.92 Å². The molecule has 5 N–H and O–H groups in total. The zero-order valence-electron chi connectivity index (χ0n) is 17.4. The Morgan fingerprint density at radius 2 is 2.25 bits per heavy atom. The highest BCUT2D eigenvalue weighted by atomic mass is 35.5. The van der Waals surface area contributed by atoms with Crippen LogP contribution in [0.25, 0.3) is 5.82 Å². The number of ether oxygens (including phenoxy) is 1. The first-order valence-electron chi connectivity index (χ1n) is 10.1. The van der Waals surface area contributed by atoms with Crippen LogP contribution in [0.1, 0.15) is 34.1 Å². The van der Waals surface area contributed by atoms with Crippen molar-refractivity contribution in [2.45, 2.75) is 31.7 Å². The van der Waals surface area contributed by atoms with Gasteiger partial charge >= 0.3 is 0 Å². The summed E-state index contributed by atoms with van der Waals surface area (Å²) in [5.74, 6) is 0.581. The smallest absolute Gasteiger partial charge is 0.272 e. The van der Waals surface area contributed by atoms with E-state index in [0.717, 1.165) is 12.0 Å². The van der Waals surface area contributed by atoms with Crippen molar-refractivity contribution in [2.24, 2.45) is 5.73 Å². The minimum atomic E-state index is -1.32. The number of rotatable bonds is 7. The summed E-state index contributed by atoms with van der Waals surface area (Å²) in [6.07, 6.45) is 4.34. The molecular weight excluding hydrogens is 434 g/mol. The number of amides is 1. The standard InChI is InChI=1S/C21H24ClN7O3/c1-12-8-24-21(26-15-5-6-32-10-15)28-19(12)29-9-16(25-11-29)20(31)27-17(18(23)30)13-3-2-4-14(22)7-13/h2-4,7-9,11,15,17-18,30H,5-6,10,23H2,1H3,(H,27,31)(H,24,26,28)/t15-,17-,18-/m0/s1. The van der Waals surface area contributed by atoms with E-state index in [0.29, 0.717) is 35.6 Å². The Bertz CT molecular complexity index is 1100. The van der Waals surface area contributed by atoms with Crippen LogP contribution >= 0.6 is 11.6 Å². The Labute approximate surface area is 189 Å².